The molecule has 152 valence electrons. The minimum atomic E-state index is -0.261. The Bertz CT molecular complexity index is 1260. The topological polar surface area (TPSA) is 86.5 Å². The smallest absolute Gasteiger partial charge is 0.216 e. The molecule has 0 saturated carbocycles. The lowest BCUT2D eigenvalue weighted by molar-refractivity contribution is 0.356. The number of pyridine rings is 1. The normalized spacial score (nSPS) is 12.6. The highest BCUT2D eigenvalue weighted by molar-refractivity contribution is 5.80. The number of aromatic nitrogens is 5. The van der Waals surface area contributed by atoms with Crippen LogP contribution in [0.4, 0.5) is 10.3 Å². The van der Waals surface area contributed by atoms with Gasteiger partial charge in [-0.1, -0.05) is 0 Å². The Kier molecular flexibility index (Phi) is 4.42. The van der Waals surface area contributed by atoms with E-state index in [1.54, 1.807) is 36.3 Å². The molecule has 0 bridgehead atoms. The van der Waals surface area contributed by atoms with Crippen LogP contribution in [0.15, 0.2) is 36.9 Å². The summed E-state index contributed by atoms with van der Waals surface area (Å²) >= 11 is 0. The van der Waals surface area contributed by atoms with Crippen LogP contribution in [-0.4, -0.2) is 38.3 Å². The van der Waals surface area contributed by atoms with Gasteiger partial charge in [-0.05, 0) is 30.7 Å². The second-order valence-electron chi connectivity index (χ2n) is 6.97. The van der Waals surface area contributed by atoms with Crippen molar-refractivity contribution in [2.75, 3.05) is 19.0 Å². The quantitative estimate of drug-likeness (QED) is 0.545. The van der Waals surface area contributed by atoms with Gasteiger partial charge in [0.25, 0.3) is 0 Å². The van der Waals surface area contributed by atoms with Crippen LogP contribution in [0.2, 0.25) is 0 Å². The van der Waals surface area contributed by atoms with Crippen LogP contribution in [0.25, 0.3) is 16.8 Å². The van der Waals surface area contributed by atoms with Crippen molar-refractivity contribution in [1.29, 1.82) is 0 Å². The van der Waals surface area contributed by atoms with Crippen LogP contribution >= 0.6 is 0 Å². The molecule has 4 aromatic rings. The molecule has 1 N–H and O–H groups in total. The average molecular weight is 406 g/mol. The Hall–Kier alpha value is -3.75. The van der Waals surface area contributed by atoms with Gasteiger partial charge in [0.1, 0.15) is 17.9 Å². The van der Waals surface area contributed by atoms with Crippen LogP contribution in [0.5, 0.6) is 11.6 Å². The van der Waals surface area contributed by atoms with Gasteiger partial charge in [0.2, 0.25) is 11.8 Å². The number of fused-ring (bicyclic) bond motifs is 2. The van der Waals surface area contributed by atoms with E-state index >= 15 is 0 Å². The Morgan fingerprint density at radius 3 is 3.00 bits per heavy atom. The third kappa shape index (κ3) is 2.90. The lowest BCUT2D eigenvalue weighted by Crippen LogP contribution is -2.10. The van der Waals surface area contributed by atoms with E-state index in [4.69, 9.17) is 9.47 Å². The van der Waals surface area contributed by atoms with Crippen molar-refractivity contribution >= 4 is 11.6 Å². The van der Waals surface area contributed by atoms with Gasteiger partial charge in [-0.25, -0.2) is 14.4 Å². The molecule has 5 rings (SSSR count). The predicted octanol–water partition coefficient (Wildman–Crippen LogP) is 3.19. The van der Waals surface area contributed by atoms with Gasteiger partial charge >= 0.3 is 0 Å². The van der Waals surface area contributed by atoms with Crippen LogP contribution in [0.1, 0.15) is 16.7 Å². The van der Waals surface area contributed by atoms with Crippen molar-refractivity contribution in [3.05, 3.63) is 59.4 Å². The van der Waals surface area contributed by atoms with Crippen LogP contribution in [0, 0.1) is 12.7 Å². The zero-order chi connectivity index (χ0) is 20.7. The number of nitrogens with one attached hydrogen (secondary N) is 1. The maximum absolute atomic E-state index is 14.4. The highest BCUT2D eigenvalue weighted by atomic mass is 19.1. The number of ether oxygens (including phenoxy) is 2. The Morgan fingerprint density at radius 2 is 2.13 bits per heavy atom. The number of anilines is 1. The van der Waals surface area contributed by atoms with Gasteiger partial charge in [0.05, 0.1) is 13.7 Å². The van der Waals surface area contributed by atoms with E-state index < -0.39 is 0 Å². The minimum absolute atomic E-state index is 0.261. The summed E-state index contributed by atoms with van der Waals surface area (Å²) in [5, 5.41) is 11.5. The first kappa shape index (κ1) is 18.3. The Labute approximate surface area is 171 Å². The fourth-order valence-corrected chi connectivity index (χ4v) is 3.83. The molecule has 30 heavy (non-hydrogen) atoms. The third-order valence-corrected chi connectivity index (χ3v) is 5.34. The molecular weight excluding hydrogens is 387 g/mol. The summed E-state index contributed by atoms with van der Waals surface area (Å²) in [6, 6.07) is 5.00. The van der Waals surface area contributed by atoms with E-state index in [2.05, 4.69) is 25.5 Å². The summed E-state index contributed by atoms with van der Waals surface area (Å²) in [6.07, 6.45) is 5.68. The number of hydrogen-bond donors (Lipinski definition) is 1. The molecule has 0 amide bonds. The number of hydrogen-bond acceptors (Lipinski definition) is 7. The van der Waals surface area contributed by atoms with E-state index in [1.807, 2.05) is 13.0 Å². The van der Waals surface area contributed by atoms with Crippen LogP contribution < -0.4 is 14.8 Å². The predicted molar refractivity (Wildman–Crippen MR) is 108 cm³/mol. The van der Waals surface area contributed by atoms with Gasteiger partial charge in [-0.15, -0.1) is 10.2 Å². The third-order valence-electron chi connectivity index (χ3n) is 5.34. The number of halogens is 1. The first-order chi connectivity index (χ1) is 14.7. The highest BCUT2D eigenvalue weighted by Gasteiger charge is 2.20. The van der Waals surface area contributed by atoms with E-state index in [1.165, 1.54) is 6.07 Å². The van der Waals surface area contributed by atoms with E-state index in [0.717, 1.165) is 28.0 Å². The number of benzene rings is 1. The lowest BCUT2D eigenvalue weighted by atomic mass is 10.0. The van der Waals surface area contributed by atoms with E-state index in [9.17, 15) is 4.39 Å². The van der Waals surface area contributed by atoms with Crippen molar-refractivity contribution in [3.8, 4) is 22.8 Å². The summed E-state index contributed by atoms with van der Waals surface area (Å²) in [5.74, 6) is 1.55. The molecule has 0 spiro atoms. The summed E-state index contributed by atoms with van der Waals surface area (Å²) in [4.78, 5) is 8.77. The van der Waals surface area contributed by atoms with Gasteiger partial charge in [0, 0.05) is 47.6 Å². The lowest BCUT2D eigenvalue weighted by Gasteiger charge is -2.13. The maximum atomic E-state index is 14.4. The van der Waals surface area contributed by atoms with Crippen molar-refractivity contribution in [1.82, 2.24) is 24.6 Å². The SMILES string of the molecule is COc1nccc(-c2cnc(NCc3c(F)ccc4c3CCO4)n3cnnc23)c1C. The molecule has 0 saturated heterocycles. The molecule has 0 atom stereocenters. The Morgan fingerprint density at radius 1 is 1.23 bits per heavy atom. The summed E-state index contributed by atoms with van der Waals surface area (Å²) in [6.45, 7) is 2.78. The first-order valence-electron chi connectivity index (χ1n) is 9.53. The van der Waals surface area contributed by atoms with Crippen molar-refractivity contribution in [2.45, 2.75) is 19.9 Å². The molecule has 1 aromatic carbocycles. The fraction of sp³-hybridized carbons (Fsp3) is 0.238. The molecule has 0 aliphatic carbocycles. The molecule has 0 unspecified atom stereocenters. The van der Waals surface area contributed by atoms with Gasteiger partial charge < -0.3 is 14.8 Å². The van der Waals surface area contributed by atoms with Gasteiger partial charge in [0.15, 0.2) is 5.65 Å². The molecule has 0 fully saturated rings. The molecule has 4 heterocycles. The minimum Gasteiger partial charge on any atom is -0.493 e. The number of rotatable bonds is 5. The van der Waals surface area contributed by atoms with Crippen molar-refractivity contribution in [3.63, 3.8) is 0 Å². The zero-order valence-electron chi connectivity index (χ0n) is 16.5. The fourth-order valence-electron chi connectivity index (χ4n) is 3.83. The number of methoxy groups -OCH3 is 1. The summed E-state index contributed by atoms with van der Waals surface area (Å²) in [5.41, 5.74) is 4.71. The second kappa shape index (κ2) is 7.25. The maximum Gasteiger partial charge on any atom is 0.216 e. The second-order valence-corrected chi connectivity index (χ2v) is 6.97. The molecule has 1 aliphatic rings. The molecular formula is C21H19FN6O2. The van der Waals surface area contributed by atoms with Crippen molar-refractivity contribution in [2.24, 2.45) is 0 Å². The van der Waals surface area contributed by atoms with Gasteiger partial charge in [-0.2, -0.15) is 0 Å². The van der Waals surface area contributed by atoms with E-state index in [0.29, 0.717) is 36.1 Å². The molecule has 1 aliphatic heterocycles. The monoisotopic (exact) mass is 406 g/mol. The standard InChI is InChI=1S/C21H19FN6O2/c1-12-13(5-7-23-20(12)29-2)16-10-25-21(28-11-26-27-19(16)28)24-9-15-14-6-8-30-18(14)4-3-17(15)22/h3-5,7,10-11H,6,8-9H2,1-2H3,(H,24,25). The first-order valence-corrected chi connectivity index (χ1v) is 9.53. The summed E-state index contributed by atoms with van der Waals surface area (Å²) < 4.78 is 27.1. The van der Waals surface area contributed by atoms with Gasteiger partial charge in [-0.3, -0.25) is 4.40 Å². The molecule has 8 nitrogen and oxygen atoms in total. The molecule has 0 radical (unpaired) electrons. The summed E-state index contributed by atoms with van der Waals surface area (Å²) in [7, 11) is 1.58. The largest absolute Gasteiger partial charge is 0.493 e. The molecule has 3 aromatic heterocycles. The zero-order valence-corrected chi connectivity index (χ0v) is 16.5. The highest BCUT2D eigenvalue weighted by Crippen LogP contribution is 2.32. The Balaban J connectivity index is 1.51. The van der Waals surface area contributed by atoms with Crippen LogP contribution in [-0.2, 0) is 13.0 Å². The van der Waals surface area contributed by atoms with Crippen molar-refractivity contribution < 1.29 is 13.9 Å². The molecule has 9 heteroatoms. The number of nitrogens with zero attached hydrogens (tertiary/aromatic N) is 5. The van der Waals surface area contributed by atoms with Crippen LogP contribution in [0.3, 0.4) is 0 Å². The van der Waals surface area contributed by atoms with E-state index in [-0.39, 0.29) is 12.4 Å². The average Bonchev–Trinajstić information content (AvgIpc) is 3.43.